The Bertz CT molecular complexity index is 1260. The highest BCUT2D eigenvalue weighted by Crippen LogP contribution is 2.35. The number of carbonyl (C=O) groups excluding carboxylic acids is 1. The molecule has 0 fully saturated rings. The number of alkyl halides is 3. The molecule has 0 aliphatic carbocycles. The molecule has 0 radical (unpaired) electrons. The van der Waals surface area contributed by atoms with Crippen molar-refractivity contribution in [2.45, 2.75) is 20.0 Å². The van der Waals surface area contributed by atoms with Crippen LogP contribution in [0.15, 0.2) is 72.8 Å². The molecule has 0 unspecified atom stereocenters. The number of halogens is 3. The Kier molecular flexibility index (Phi) is 4.86. The first kappa shape index (κ1) is 19.8. The molecule has 1 heterocycles. The molecule has 1 N–H and O–H groups in total. The SMILES string of the molecule is Cc1cc(C(=O)Nc2ccc3ccccc3c2)c(C)n1-c1ccccc1C(F)(F)F. The lowest BCUT2D eigenvalue weighted by Crippen LogP contribution is -2.14. The molecule has 4 rings (SSSR count). The Labute approximate surface area is 171 Å². The van der Waals surface area contributed by atoms with Crippen molar-refractivity contribution in [3.05, 3.63) is 95.3 Å². The van der Waals surface area contributed by atoms with E-state index >= 15 is 0 Å². The maximum absolute atomic E-state index is 13.5. The summed E-state index contributed by atoms with van der Waals surface area (Å²) in [5, 5.41) is 4.89. The molecule has 0 atom stereocenters. The quantitative estimate of drug-likeness (QED) is 0.411. The van der Waals surface area contributed by atoms with Crippen LogP contribution >= 0.6 is 0 Å². The van der Waals surface area contributed by atoms with Crippen LogP contribution in [0, 0.1) is 13.8 Å². The smallest absolute Gasteiger partial charge is 0.322 e. The van der Waals surface area contributed by atoms with E-state index in [4.69, 9.17) is 0 Å². The number of hydrogen-bond donors (Lipinski definition) is 1. The molecule has 0 saturated carbocycles. The van der Waals surface area contributed by atoms with E-state index in [1.54, 1.807) is 32.0 Å². The van der Waals surface area contributed by atoms with Gasteiger partial charge in [0.2, 0.25) is 0 Å². The molecule has 6 heteroatoms. The van der Waals surface area contributed by atoms with Crippen LogP contribution in [-0.4, -0.2) is 10.5 Å². The van der Waals surface area contributed by atoms with Gasteiger partial charge in [-0.1, -0.05) is 42.5 Å². The summed E-state index contributed by atoms with van der Waals surface area (Å²) in [6.07, 6.45) is -4.49. The third-order valence-electron chi connectivity index (χ3n) is 5.13. The van der Waals surface area contributed by atoms with Crippen molar-refractivity contribution in [1.82, 2.24) is 4.57 Å². The predicted octanol–water partition coefficient (Wildman–Crippen LogP) is 6.52. The molecule has 152 valence electrons. The normalized spacial score (nSPS) is 11.6. The van der Waals surface area contributed by atoms with E-state index in [9.17, 15) is 18.0 Å². The van der Waals surface area contributed by atoms with Crippen LogP contribution in [0.5, 0.6) is 0 Å². The van der Waals surface area contributed by atoms with Crippen LogP contribution in [-0.2, 0) is 6.18 Å². The van der Waals surface area contributed by atoms with Gasteiger partial charge in [-0.15, -0.1) is 0 Å². The fourth-order valence-corrected chi connectivity index (χ4v) is 3.74. The summed E-state index contributed by atoms with van der Waals surface area (Å²) in [5.41, 5.74) is 1.21. The number of hydrogen-bond acceptors (Lipinski definition) is 1. The molecule has 0 aliphatic rings. The number of nitrogens with one attached hydrogen (secondary N) is 1. The standard InChI is InChI=1S/C24H19F3N2O/c1-15-13-20(16(2)29(15)22-10-6-5-9-21(22)24(25,26)27)23(30)28-19-12-11-17-7-3-4-8-18(17)14-19/h3-14H,1-2H3,(H,28,30). The van der Waals surface area contributed by atoms with E-state index in [-0.39, 0.29) is 11.6 Å². The van der Waals surface area contributed by atoms with Gasteiger partial charge < -0.3 is 9.88 Å². The first-order valence-corrected chi connectivity index (χ1v) is 9.41. The molecular weight excluding hydrogens is 389 g/mol. The molecule has 3 aromatic carbocycles. The summed E-state index contributed by atoms with van der Waals surface area (Å²) in [6, 6.07) is 20.3. The number of rotatable bonds is 3. The van der Waals surface area contributed by atoms with E-state index in [0.717, 1.165) is 16.8 Å². The van der Waals surface area contributed by atoms with Gasteiger partial charge in [0.25, 0.3) is 5.91 Å². The molecular formula is C24H19F3N2O. The Balaban J connectivity index is 1.71. The number of benzene rings is 3. The zero-order chi connectivity index (χ0) is 21.5. The lowest BCUT2D eigenvalue weighted by Gasteiger charge is -2.16. The minimum Gasteiger partial charge on any atom is -0.322 e. The second kappa shape index (κ2) is 7.37. The first-order valence-electron chi connectivity index (χ1n) is 9.41. The first-order chi connectivity index (χ1) is 14.3. The summed E-state index contributed by atoms with van der Waals surface area (Å²) >= 11 is 0. The summed E-state index contributed by atoms with van der Waals surface area (Å²) < 4.78 is 41.9. The minimum atomic E-state index is -4.49. The lowest BCUT2D eigenvalue weighted by molar-refractivity contribution is -0.137. The van der Waals surface area contributed by atoms with E-state index in [2.05, 4.69) is 5.32 Å². The lowest BCUT2D eigenvalue weighted by atomic mass is 10.1. The van der Waals surface area contributed by atoms with Gasteiger partial charge in [-0.3, -0.25) is 4.79 Å². The van der Waals surface area contributed by atoms with Gasteiger partial charge >= 0.3 is 6.18 Å². The monoisotopic (exact) mass is 408 g/mol. The molecule has 0 aliphatic heterocycles. The van der Waals surface area contributed by atoms with Crippen LogP contribution < -0.4 is 5.32 Å². The molecule has 4 aromatic rings. The molecule has 1 aromatic heterocycles. The van der Waals surface area contributed by atoms with Crippen molar-refractivity contribution in [1.29, 1.82) is 0 Å². The Morgan fingerprint density at radius 3 is 2.27 bits per heavy atom. The van der Waals surface area contributed by atoms with Crippen molar-refractivity contribution in [2.24, 2.45) is 0 Å². The number of carbonyl (C=O) groups is 1. The molecule has 0 spiro atoms. The Morgan fingerprint density at radius 1 is 0.867 bits per heavy atom. The van der Waals surface area contributed by atoms with Crippen molar-refractivity contribution in [2.75, 3.05) is 5.32 Å². The molecule has 0 bridgehead atoms. The summed E-state index contributed by atoms with van der Waals surface area (Å²) in [4.78, 5) is 12.9. The second-order valence-electron chi connectivity index (χ2n) is 7.15. The number of para-hydroxylation sites is 1. The van der Waals surface area contributed by atoms with Crippen LogP contribution in [0.1, 0.15) is 27.3 Å². The average Bonchev–Trinajstić information content (AvgIpc) is 3.01. The van der Waals surface area contributed by atoms with Crippen molar-refractivity contribution in [3.63, 3.8) is 0 Å². The van der Waals surface area contributed by atoms with E-state index in [0.29, 0.717) is 22.6 Å². The zero-order valence-electron chi connectivity index (χ0n) is 16.4. The molecule has 30 heavy (non-hydrogen) atoms. The Hall–Kier alpha value is -3.54. The van der Waals surface area contributed by atoms with E-state index in [1.165, 1.54) is 16.7 Å². The summed E-state index contributed by atoms with van der Waals surface area (Å²) in [6.45, 7) is 3.34. The molecule has 3 nitrogen and oxygen atoms in total. The highest BCUT2D eigenvalue weighted by molar-refractivity contribution is 6.06. The van der Waals surface area contributed by atoms with Gasteiger partial charge in [-0.25, -0.2) is 0 Å². The molecule has 0 saturated heterocycles. The predicted molar refractivity (Wildman–Crippen MR) is 112 cm³/mol. The maximum atomic E-state index is 13.5. The van der Waals surface area contributed by atoms with Gasteiger partial charge in [-0.05, 0) is 55.0 Å². The fourth-order valence-electron chi connectivity index (χ4n) is 3.74. The zero-order valence-corrected chi connectivity index (χ0v) is 16.4. The Morgan fingerprint density at radius 2 is 1.53 bits per heavy atom. The number of nitrogens with zero attached hydrogens (tertiary/aromatic N) is 1. The third kappa shape index (κ3) is 3.56. The number of anilines is 1. The number of aromatic nitrogens is 1. The van der Waals surface area contributed by atoms with Crippen molar-refractivity contribution in [3.8, 4) is 5.69 Å². The number of amides is 1. The van der Waals surface area contributed by atoms with Gasteiger partial charge in [0.05, 0.1) is 16.8 Å². The third-order valence-corrected chi connectivity index (χ3v) is 5.13. The summed E-state index contributed by atoms with van der Waals surface area (Å²) in [5.74, 6) is -0.367. The molecule has 1 amide bonds. The summed E-state index contributed by atoms with van der Waals surface area (Å²) in [7, 11) is 0. The minimum absolute atomic E-state index is 0.00440. The van der Waals surface area contributed by atoms with Gasteiger partial charge in [0.1, 0.15) is 0 Å². The van der Waals surface area contributed by atoms with Crippen molar-refractivity contribution >= 4 is 22.4 Å². The number of aryl methyl sites for hydroxylation is 1. The van der Waals surface area contributed by atoms with Gasteiger partial charge in [-0.2, -0.15) is 13.2 Å². The average molecular weight is 408 g/mol. The van der Waals surface area contributed by atoms with Crippen LogP contribution in [0.3, 0.4) is 0 Å². The van der Waals surface area contributed by atoms with Crippen LogP contribution in [0.25, 0.3) is 16.5 Å². The van der Waals surface area contributed by atoms with Crippen molar-refractivity contribution < 1.29 is 18.0 Å². The fraction of sp³-hybridized carbons (Fsp3) is 0.125. The van der Waals surface area contributed by atoms with Crippen LogP contribution in [0.2, 0.25) is 0 Å². The van der Waals surface area contributed by atoms with E-state index < -0.39 is 11.7 Å². The second-order valence-corrected chi connectivity index (χ2v) is 7.15. The van der Waals surface area contributed by atoms with Gasteiger partial charge in [0, 0.05) is 17.1 Å². The topological polar surface area (TPSA) is 34.0 Å². The maximum Gasteiger partial charge on any atom is 0.418 e. The highest BCUT2D eigenvalue weighted by Gasteiger charge is 2.34. The highest BCUT2D eigenvalue weighted by atomic mass is 19.4. The number of fused-ring (bicyclic) bond motifs is 1. The van der Waals surface area contributed by atoms with Gasteiger partial charge in [0.15, 0.2) is 0 Å². The van der Waals surface area contributed by atoms with E-state index in [1.807, 2.05) is 36.4 Å². The van der Waals surface area contributed by atoms with Crippen LogP contribution in [0.4, 0.5) is 18.9 Å². The largest absolute Gasteiger partial charge is 0.418 e.